The van der Waals surface area contributed by atoms with Crippen LogP contribution in [0.4, 0.5) is 4.39 Å². The van der Waals surface area contributed by atoms with Gasteiger partial charge < -0.3 is 14.7 Å². The fourth-order valence-electron chi connectivity index (χ4n) is 3.86. The molecule has 2 aromatic carbocycles. The van der Waals surface area contributed by atoms with Gasteiger partial charge in [0.1, 0.15) is 11.6 Å². The Morgan fingerprint density at radius 2 is 1.97 bits per heavy atom. The highest BCUT2D eigenvalue weighted by molar-refractivity contribution is 9.10. The molecule has 2 atom stereocenters. The van der Waals surface area contributed by atoms with Crippen molar-refractivity contribution in [1.82, 2.24) is 4.90 Å². The van der Waals surface area contributed by atoms with Crippen LogP contribution in [0.25, 0.3) is 5.76 Å². The summed E-state index contributed by atoms with van der Waals surface area (Å²) in [4.78, 5) is 27.2. The van der Waals surface area contributed by atoms with E-state index >= 15 is 0 Å². The van der Waals surface area contributed by atoms with Gasteiger partial charge in [0, 0.05) is 23.2 Å². The third kappa shape index (κ3) is 3.84. The molecule has 2 aliphatic heterocycles. The van der Waals surface area contributed by atoms with Crippen LogP contribution in [0.3, 0.4) is 0 Å². The number of likely N-dealkylation sites (tertiary alicyclic amines) is 1. The maximum absolute atomic E-state index is 13.3. The van der Waals surface area contributed by atoms with Crippen molar-refractivity contribution >= 4 is 33.4 Å². The van der Waals surface area contributed by atoms with E-state index in [9.17, 15) is 19.1 Å². The molecule has 150 valence electrons. The van der Waals surface area contributed by atoms with Gasteiger partial charge in [-0.2, -0.15) is 0 Å². The molecule has 5 nitrogen and oxygen atoms in total. The van der Waals surface area contributed by atoms with E-state index < -0.39 is 23.5 Å². The number of aliphatic hydroxyl groups excluding tert-OH is 1. The number of hydrogen-bond acceptors (Lipinski definition) is 4. The predicted octanol–water partition coefficient (Wildman–Crippen LogP) is 4.19. The normalized spacial score (nSPS) is 23.7. The maximum Gasteiger partial charge on any atom is 0.295 e. The van der Waals surface area contributed by atoms with Crippen LogP contribution in [0.1, 0.15) is 30.0 Å². The van der Waals surface area contributed by atoms with Crippen molar-refractivity contribution in [2.75, 3.05) is 13.2 Å². The number of amides is 1. The minimum Gasteiger partial charge on any atom is -0.507 e. The average molecular weight is 460 g/mol. The highest BCUT2D eigenvalue weighted by Gasteiger charge is 2.47. The van der Waals surface area contributed by atoms with Gasteiger partial charge in [0.25, 0.3) is 11.7 Å². The third-order valence-corrected chi connectivity index (χ3v) is 5.74. The summed E-state index contributed by atoms with van der Waals surface area (Å²) < 4.78 is 19.8. The Balaban J connectivity index is 1.83. The summed E-state index contributed by atoms with van der Waals surface area (Å²) in [5, 5.41) is 10.9. The summed E-state index contributed by atoms with van der Waals surface area (Å²) in [6, 6.07) is 11.7. The minimum absolute atomic E-state index is 0.00212. The number of hydrogen-bond donors (Lipinski definition) is 1. The monoisotopic (exact) mass is 459 g/mol. The molecule has 0 radical (unpaired) electrons. The molecule has 2 heterocycles. The van der Waals surface area contributed by atoms with Crippen LogP contribution in [0.5, 0.6) is 0 Å². The SMILES string of the molecule is O=C1C(=O)N(CC2CCCO2)C(c2cccc(Br)c2)C1=C(O)c1ccc(F)cc1. The van der Waals surface area contributed by atoms with E-state index in [0.29, 0.717) is 12.2 Å². The zero-order valence-corrected chi connectivity index (χ0v) is 17.1. The first-order valence-corrected chi connectivity index (χ1v) is 10.2. The molecular weight excluding hydrogens is 441 g/mol. The lowest BCUT2D eigenvalue weighted by Crippen LogP contribution is -2.36. The fourth-order valence-corrected chi connectivity index (χ4v) is 4.28. The maximum atomic E-state index is 13.3. The molecule has 0 aromatic heterocycles. The molecule has 0 aliphatic carbocycles. The van der Waals surface area contributed by atoms with Crippen LogP contribution in [0.2, 0.25) is 0 Å². The summed E-state index contributed by atoms with van der Waals surface area (Å²) in [5.74, 6) is -2.20. The van der Waals surface area contributed by atoms with Crippen molar-refractivity contribution in [3.8, 4) is 0 Å². The van der Waals surface area contributed by atoms with E-state index in [0.717, 1.165) is 17.3 Å². The number of carbonyl (C=O) groups excluding carboxylic acids is 2. The Kier molecular flexibility index (Phi) is 5.52. The molecule has 29 heavy (non-hydrogen) atoms. The minimum atomic E-state index is -0.755. The zero-order chi connectivity index (χ0) is 20.5. The molecule has 0 spiro atoms. The molecule has 2 unspecified atom stereocenters. The Hall–Kier alpha value is -2.51. The second-order valence-electron chi connectivity index (χ2n) is 7.15. The van der Waals surface area contributed by atoms with Gasteiger partial charge in [0.05, 0.1) is 17.7 Å². The van der Waals surface area contributed by atoms with Gasteiger partial charge in [-0.3, -0.25) is 9.59 Å². The number of benzene rings is 2. The van der Waals surface area contributed by atoms with E-state index in [2.05, 4.69) is 15.9 Å². The summed E-state index contributed by atoms with van der Waals surface area (Å²) in [5.41, 5.74) is 0.972. The van der Waals surface area contributed by atoms with Crippen molar-refractivity contribution < 1.29 is 23.8 Å². The van der Waals surface area contributed by atoms with Crippen LogP contribution in [-0.2, 0) is 14.3 Å². The number of nitrogens with zero attached hydrogens (tertiary/aromatic N) is 1. The van der Waals surface area contributed by atoms with Gasteiger partial charge >= 0.3 is 0 Å². The molecule has 7 heteroatoms. The first-order valence-electron chi connectivity index (χ1n) is 9.37. The second-order valence-corrected chi connectivity index (χ2v) is 8.06. The van der Waals surface area contributed by atoms with E-state index in [1.54, 1.807) is 0 Å². The molecule has 2 saturated heterocycles. The van der Waals surface area contributed by atoms with Crippen molar-refractivity contribution in [3.63, 3.8) is 0 Å². The first-order chi connectivity index (χ1) is 14.0. The van der Waals surface area contributed by atoms with Gasteiger partial charge in [0.2, 0.25) is 0 Å². The lowest BCUT2D eigenvalue weighted by atomic mass is 9.95. The Morgan fingerprint density at radius 3 is 2.62 bits per heavy atom. The summed E-state index contributed by atoms with van der Waals surface area (Å²) >= 11 is 3.42. The lowest BCUT2D eigenvalue weighted by Gasteiger charge is -2.27. The highest BCUT2D eigenvalue weighted by Crippen LogP contribution is 2.40. The number of aliphatic hydroxyl groups is 1. The van der Waals surface area contributed by atoms with Crippen LogP contribution in [-0.4, -0.2) is 41.0 Å². The van der Waals surface area contributed by atoms with Gasteiger partial charge in [-0.05, 0) is 54.8 Å². The molecule has 0 bridgehead atoms. The van der Waals surface area contributed by atoms with E-state index in [-0.39, 0.29) is 29.5 Å². The summed E-state index contributed by atoms with van der Waals surface area (Å²) in [6.45, 7) is 0.897. The molecule has 2 fully saturated rings. The number of carbonyl (C=O) groups is 2. The lowest BCUT2D eigenvalue weighted by molar-refractivity contribution is -0.140. The van der Waals surface area contributed by atoms with Gasteiger partial charge in [-0.25, -0.2) is 4.39 Å². The fraction of sp³-hybridized carbons (Fsp3) is 0.273. The van der Waals surface area contributed by atoms with Gasteiger partial charge in [-0.1, -0.05) is 28.1 Å². The molecular formula is C22H19BrFNO4. The number of Topliss-reactive ketones (excluding diaryl/α,β-unsaturated/α-hetero) is 1. The number of ether oxygens (including phenoxy) is 1. The molecule has 0 saturated carbocycles. The van der Waals surface area contributed by atoms with Crippen molar-refractivity contribution in [3.05, 3.63) is 75.5 Å². The summed E-state index contributed by atoms with van der Waals surface area (Å²) in [6.07, 6.45) is 1.58. The Labute approximate surface area is 175 Å². The highest BCUT2D eigenvalue weighted by atomic mass is 79.9. The van der Waals surface area contributed by atoms with Crippen LogP contribution in [0.15, 0.2) is 58.6 Å². The molecule has 1 amide bonds. The molecule has 2 aliphatic rings. The zero-order valence-electron chi connectivity index (χ0n) is 15.5. The van der Waals surface area contributed by atoms with Crippen LogP contribution >= 0.6 is 15.9 Å². The third-order valence-electron chi connectivity index (χ3n) is 5.25. The van der Waals surface area contributed by atoms with Gasteiger partial charge in [0.15, 0.2) is 0 Å². The van der Waals surface area contributed by atoms with Crippen LogP contribution in [0, 0.1) is 5.82 Å². The molecule has 2 aromatic rings. The number of ketones is 1. The first kappa shape index (κ1) is 19.8. The Bertz CT molecular complexity index is 983. The predicted molar refractivity (Wildman–Crippen MR) is 109 cm³/mol. The molecule has 1 N–H and O–H groups in total. The van der Waals surface area contributed by atoms with E-state index in [1.807, 2.05) is 24.3 Å². The van der Waals surface area contributed by atoms with Gasteiger partial charge in [-0.15, -0.1) is 0 Å². The van der Waals surface area contributed by atoms with E-state index in [4.69, 9.17) is 4.74 Å². The van der Waals surface area contributed by atoms with Crippen LogP contribution < -0.4 is 0 Å². The van der Waals surface area contributed by atoms with Crippen molar-refractivity contribution in [2.24, 2.45) is 0 Å². The summed E-state index contributed by atoms with van der Waals surface area (Å²) in [7, 11) is 0. The largest absolute Gasteiger partial charge is 0.507 e. The topological polar surface area (TPSA) is 66.8 Å². The van der Waals surface area contributed by atoms with E-state index in [1.165, 1.54) is 29.2 Å². The van der Waals surface area contributed by atoms with Crippen molar-refractivity contribution in [1.29, 1.82) is 0 Å². The Morgan fingerprint density at radius 1 is 1.21 bits per heavy atom. The van der Waals surface area contributed by atoms with Crippen molar-refractivity contribution in [2.45, 2.75) is 25.0 Å². The number of halogens is 2. The molecule has 4 rings (SSSR count). The standard InChI is InChI=1S/C22H19BrFNO4/c23-15-4-1-3-14(11-15)19-18(20(26)13-6-8-16(24)9-7-13)21(27)22(28)25(19)12-17-5-2-10-29-17/h1,3-4,6-9,11,17,19,26H,2,5,10,12H2. The average Bonchev–Trinajstić information content (AvgIpc) is 3.30. The quantitative estimate of drug-likeness (QED) is 0.422. The second kappa shape index (κ2) is 8.08. The smallest absolute Gasteiger partial charge is 0.295 e. The number of rotatable bonds is 4.